The largest absolute Gasteiger partial charge is 0.393 e. The van der Waals surface area contributed by atoms with Crippen LogP contribution < -0.4 is 5.73 Å². The summed E-state index contributed by atoms with van der Waals surface area (Å²) in [4.78, 5) is 0. The predicted octanol–water partition coefficient (Wildman–Crippen LogP) is 8.93. The first-order valence-corrected chi connectivity index (χ1v) is 13.6. The lowest BCUT2D eigenvalue weighted by Gasteiger charge is -2.04. The van der Waals surface area contributed by atoms with Crippen molar-refractivity contribution in [2.24, 2.45) is 5.73 Å². The molecule has 0 aliphatic rings. The van der Waals surface area contributed by atoms with Gasteiger partial charge in [0.15, 0.2) is 0 Å². The Labute approximate surface area is 185 Å². The van der Waals surface area contributed by atoms with Crippen LogP contribution >= 0.6 is 0 Å². The van der Waals surface area contributed by atoms with Gasteiger partial charge in [-0.1, -0.05) is 149 Å². The topological polar surface area (TPSA) is 46.2 Å². The van der Waals surface area contributed by atoms with Crippen molar-refractivity contribution in [2.45, 2.75) is 168 Å². The van der Waals surface area contributed by atoms with E-state index in [4.69, 9.17) is 10.8 Å². The van der Waals surface area contributed by atoms with E-state index in [1.807, 2.05) is 0 Å². The third-order valence-electron chi connectivity index (χ3n) is 5.79. The maximum atomic E-state index is 8.47. The maximum Gasteiger partial charge on any atom is 0.0524 e. The Kier molecular flexibility index (Phi) is 32.3. The molecule has 0 rings (SSSR count). The summed E-state index contributed by atoms with van der Waals surface area (Å²) in [6, 6.07) is 0. The van der Waals surface area contributed by atoms with Gasteiger partial charge >= 0.3 is 0 Å². The molecule has 0 aromatic heterocycles. The number of unbranched alkanes of at least 4 members (excludes halogenated alkanes) is 20. The fourth-order valence-corrected chi connectivity index (χ4v) is 3.75. The monoisotopic (exact) mass is 413 g/mol. The van der Waals surface area contributed by atoms with E-state index in [2.05, 4.69) is 13.8 Å². The molecule has 0 aliphatic carbocycles. The summed E-state index contributed by atoms with van der Waals surface area (Å²) < 4.78 is 0. The lowest BCUT2D eigenvalue weighted by Crippen LogP contribution is -2.08. The summed E-state index contributed by atoms with van der Waals surface area (Å²) in [6.07, 6.45) is 31.4. The molecular weight excluding hydrogens is 354 g/mol. The molecule has 2 heteroatoms. The van der Waals surface area contributed by atoms with Crippen LogP contribution in [-0.4, -0.2) is 17.8 Å². The van der Waals surface area contributed by atoms with Crippen molar-refractivity contribution in [3.8, 4) is 0 Å². The number of nitrogens with two attached hydrogens (primary N) is 1. The Morgan fingerprint density at radius 2 is 0.690 bits per heavy atom. The van der Waals surface area contributed by atoms with Crippen LogP contribution in [0.25, 0.3) is 0 Å². The predicted molar refractivity (Wildman–Crippen MR) is 134 cm³/mol. The van der Waals surface area contributed by atoms with Gasteiger partial charge in [-0.2, -0.15) is 0 Å². The molecular formula is C27H59NO. The highest BCUT2D eigenvalue weighted by atomic mass is 16.3. The van der Waals surface area contributed by atoms with Gasteiger partial charge in [0.1, 0.15) is 0 Å². The minimum absolute atomic E-state index is 0.227. The van der Waals surface area contributed by atoms with Crippen molar-refractivity contribution in [2.75, 3.05) is 6.54 Å². The number of hydrogen-bond acceptors (Lipinski definition) is 2. The van der Waals surface area contributed by atoms with Gasteiger partial charge in [0.05, 0.1) is 6.10 Å². The molecule has 0 aromatic carbocycles. The molecule has 0 amide bonds. The molecule has 0 aromatic rings. The van der Waals surface area contributed by atoms with Gasteiger partial charge in [0, 0.05) is 0 Å². The third kappa shape index (κ3) is 35.7. The van der Waals surface area contributed by atoms with Crippen LogP contribution in [0.15, 0.2) is 0 Å². The van der Waals surface area contributed by atoms with Crippen LogP contribution in [0.2, 0.25) is 0 Å². The average Bonchev–Trinajstić information content (AvgIpc) is 2.70. The molecule has 0 aliphatic heterocycles. The molecule has 0 bridgehead atoms. The Morgan fingerprint density at radius 3 is 0.793 bits per heavy atom. The van der Waals surface area contributed by atoms with Gasteiger partial charge in [-0.05, 0) is 19.9 Å². The van der Waals surface area contributed by atoms with Crippen molar-refractivity contribution in [3.05, 3.63) is 0 Å². The van der Waals surface area contributed by atoms with Gasteiger partial charge in [-0.3, -0.25) is 0 Å². The molecule has 0 spiro atoms. The van der Waals surface area contributed by atoms with Crippen molar-refractivity contribution in [3.63, 3.8) is 0 Å². The minimum atomic E-state index is -0.227. The standard InChI is InChI=1S/C23H48.C4H11NO/c1-3-5-7-9-11-13-15-17-19-21-23-22-20-18-16-14-12-10-8-6-4-2;1-4(6)2-3-5/h3-23H2,1-2H3;4,6H,2-3,5H2,1H3. The second-order valence-electron chi connectivity index (χ2n) is 9.14. The highest BCUT2D eigenvalue weighted by molar-refractivity contribution is 4.50. The zero-order chi connectivity index (χ0) is 21.8. The van der Waals surface area contributed by atoms with Crippen LogP contribution in [0.4, 0.5) is 0 Å². The van der Waals surface area contributed by atoms with Gasteiger partial charge in [0.25, 0.3) is 0 Å². The van der Waals surface area contributed by atoms with Crippen molar-refractivity contribution < 1.29 is 5.11 Å². The molecule has 0 radical (unpaired) electrons. The Morgan fingerprint density at radius 1 is 0.483 bits per heavy atom. The highest BCUT2D eigenvalue weighted by Crippen LogP contribution is 2.14. The van der Waals surface area contributed by atoms with Gasteiger partial charge in [0.2, 0.25) is 0 Å². The van der Waals surface area contributed by atoms with Crippen molar-refractivity contribution >= 4 is 0 Å². The first-order chi connectivity index (χ1) is 14.2. The highest BCUT2D eigenvalue weighted by Gasteiger charge is 1.95. The summed E-state index contributed by atoms with van der Waals surface area (Å²) in [5, 5.41) is 8.47. The van der Waals surface area contributed by atoms with E-state index in [0.717, 1.165) is 0 Å². The summed E-state index contributed by atoms with van der Waals surface area (Å²) >= 11 is 0. The van der Waals surface area contributed by atoms with Gasteiger partial charge in [-0.25, -0.2) is 0 Å². The molecule has 0 fully saturated rings. The second-order valence-corrected chi connectivity index (χ2v) is 9.14. The number of rotatable bonds is 22. The molecule has 0 saturated heterocycles. The molecule has 1 atom stereocenters. The average molecular weight is 414 g/mol. The van der Waals surface area contributed by atoms with E-state index in [1.54, 1.807) is 6.92 Å². The molecule has 1 unspecified atom stereocenters. The van der Waals surface area contributed by atoms with E-state index >= 15 is 0 Å². The molecule has 0 heterocycles. The zero-order valence-electron chi connectivity index (χ0n) is 20.9. The molecule has 29 heavy (non-hydrogen) atoms. The van der Waals surface area contributed by atoms with Crippen LogP contribution in [0, 0.1) is 0 Å². The molecule has 0 saturated carbocycles. The fraction of sp³-hybridized carbons (Fsp3) is 1.00. The van der Waals surface area contributed by atoms with E-state index < -0.39 is 0 Å². The summed E-state index contributed by atoms with van der Waals surface area (Å²) in [5.74, 6) is 0. The zero-order valence-corrected chi connectivity index (χ0v) is 20.9. The Hall–Kier alpha value is -0.0800. The van der Waals surface area contributed by atoms with E-state index in [-0.39, 0.29) is 6.10 Å². The number of aliphatic hydroxyl groups excluding tert-OH is 1. The van der Waals surface area contributed by atoms with Gasteiger partial charge in [-0.15, -0.1) is 0 Å². The fourth-order valence-electron chi connectivity index (χ4n) is 3.75. The van der Waals surface area contributed by atoms with Crippen molar-refractivity contribution in [1.82, 2.24) is 0 Å². The third-order valence-corrected chi connectivity index (χ3v) is 5.79. The lowest BCUT2D eigenvalue weighted by atomic mass is 10.0. The van der Waals surface area contributed by atoms with E-state index in [0.29, 0.717) is 13.0 Å². The van der Waals surface area contributed by atoms with E-state index in [1.165, 1.54) is 135 Å². The first kappa shape index (κ1) is 31.1. The molecule has 178 valence electrons. The Balaban J connectivity index is 0. The van der Waals surface area contributed by atoms with Crippen LogP contribution in [0.5, 0.6) is 0 Å². The van der Waals surface area contributed by atoms with E-state index in [9.17, 15) is 0 Å². The number of hydrogen-bond donors (Lipinski definition) is 2. The van der Waals surface area contributed by atoms with Crippen LogP contribution in [0.3, 0.4) is 0 Å². The summed E-state index contributed by atoms with van der Waals surface area (Å²) in [7, 11) is 0. The van der Waals surface area contributed by atoms with Crippen LogP contribution in [-0.2, 0) is 0 Å². The van der Waals surface area contributed by atoms with Crippen molar-refractivity contribution in [1.29, 1.82) is 0 Å². The van der Waals surface area contributed by atoms with Gasteiger partial charge < -0.3 is 10.8 Å². The summed E-state index contributed by atoms with van der Waals surface area (Å²) in [6.45, 7) is 6.91. The normalized spacial score (nSPS) is 11.9. The smallest absolute Gasteiger partial charge is 0.0524 e. The summed E-state index contributed by atoms with van der Waals surface area (Å²) in [5.41, 5.74) is 5.07. The second kappa shape index (κ2) is 30.1. The van der Waals surface area contributed by atoms with Crippen LogP contribution in [0.1, 0.15) is 162 Å². The quantitative estimate of drug-likeness (QED) is 0.174. The maximum absolute atomic E-state index is 8.47. The molecule has 3 N–H and O–H groups in total. The number of aliphatic hydroxyl groups is 1. The minimum Gasteiger partial charge on any atom is -0.393 e. The SMILES string of the molecule is CC(O)CCN.CCCCCCCCCCCCCCCCCCCCCCC. The Bertz CT molecular complexity index is 235. The first-order valence-electron chi connectivity index (χ1n) is 13.6. The lowest BCUT2D eigenvalue weighted by molar-refractivity contribution is 0.187. The molecule has 2 nitrogen and oxygen atoms in total.